The van der Waals surface area contributed by atoms with Crippen LogP contribution in [0.1, 0.15) is 58.9 Å². The molecule has 0 aliphatic carbocycles. The zero-order valence-corrected chi connectivity index (χ0v) is 20.9. The highest BCUT2D eigenvalue weighted by molar-refractivity contribution is 6.40. The van der Waals surface area contributed by atoms with Gasteiger partial charge in [-0.2, -0.15) is 0 Å². The number of anilines is 1. The van der Waals surface area contributed by atoms with Crippen LogP contribution in [0.2, 0.25) is 0 Å². The van der Waals surface area contributed by atoms with Gasteiger partial charge in [0.25, 0.3) is 5.56 Å². The Hall–Kier alpha value is -3.41. The van der Waals surface area contributed by atoms with Crippen molar-refractivity contribution in [1.82, 2.24) is 19.8 Å². The molecule has 12 nitrogen and oxygen atoms in total. The molecule has 1 heterocycles. The molecular weight excluding hydrogens is 454 g/mol. The summed E-state index contributed by atoms with van der Waals surface area (Å²) in [7, 11) is 1.76. The van der Waals surface area contributed by atoms with Gasteiger partial charge < -0.3 is 26.6 Å². The molecule has 0 aliphatic rings. The second-order valence-corrected chi connectivity index (χ2v) is 8.47. The molecule has 1 aromatic rings. The first kappa shape index (κ1) is 29.6. The zero-order chi connectivity index (χ0) is 26.5. The van der Waals surface area contributed by atoms with Crippen molar-refractivity contribution in [1.29, 1.82) is 10.8 Å². The first-order valence-corrected chi connectivity index (χ1v) is 11.7. The molecule has 0 radical (unpaired) electrons. The van der Waals surface area contributed by atoms with Gasteiger partial charge in [0.15, 0.2) is 11.6 Å². The van der Waals surface area contributed by atoms with Crippen LogP contribution in [0, 0.1) is 10.8 Å². The van der Waals surface area contributed by atoms with E-state index in [-0.39, 0.29) is 36.8 Å². The fourth-order valence-electron chi connectivity index (χ4n) is 3.34. The van der Waals surface area contributed by atoms with E-state index >= 15 is 0 Å². The van der Waals surface area contributed by atoms with Gasteiger partial charge >= 0.3 is 5.97 Å². The highest BCUT2D eigenvalue weighted by Crippen LogP contribution is 2.14. The van der Waals surface area contributed by atoms with Crippen molar-refractivity contribution in [2.24, 2.45) is 0 Å². The summed E-state index contributed by atoms with van der Waals surface area (Å²) in [6.45, 7) is 5.91. The summed E-state index contributed by atoms with van der Waals surface area (Å²) < 4.78 is 1.19. The quantitative estimate of drug-likeness (QED) is 0.202. The smallest absolute Gasteiger partial charge is 0.305 e. The first-order valence-electron chi connectivity index (χ1n) is 11.7. The summed E-state index contributed by atoms with van der Waals surface area (Å²) in [5.74, 6) is -2.35. The molecule has 0 saturated carbocycles. The lowest BCUT2D eigenvalue weighted by Crippen LogP contribution is -2.49. The summed E-state index contributed by atoms with van der Waals surface area (Å²) >= 11 is 0. The van der Waals surface area contributed by atoms with E-state index in [4.69, 9.17) is 10.8 Å². The number of Topliss-reactive ketones (excluding diaryl/α,β-unsaturated/α-hetero) is 1. The van der Waals surface area contributed by atoms with Crippen molar-refractivity contribution in [3.05, 3.63) is 22.7 Å². The predicted molar refractivity (Wildman–Crippen MR) is 134 cm³/mol. The highest BCUT2D eigenvalue weighted by Gasteiger charge is 2.29. The second-order valence-electron chi connectivity index (χ2n) is 8.47. The zero-order valence-electron chi connectivity index (χ0n) is 20.9. The fourth-order valence-corrected chi connectivity index (χ4v) is 3.34. The van der Waals surface area contributed by atoms with E-state index in [2.05, 4.69) is 15.6 Å². The molecule has 1 rings (SSSR count). The maximum absolute atomic E-state index is 13.2. The lowest BCUT2D eigenvalue weighted by atomic mass is 10.1. The van der Waals surface area contributed by atoms with E-state index in [1.54, 1.807) is 11.9 Å². The molecule has 2 unspecified atom stereocenters. The Labute approximate surface area is 205 Å². The van der Waals surface area contributed by atoms with Gasteiger partial charge in [-0.3, -0.25) is 28.6 Å². The molecule has 0 aromatic carbocycles. The van der Waals surface area contributed by atoms with Gasteiger partial charge in [-0.15, -0.1) is 0 Å². The molecule has 5 N–H and O–H groups in total. The number of hydrogen-bond acceptors (Lipinski definition) is 9. The maximum Gasteiger partial charge on any atom is 0.305 e. The number of ketones is 1. The Kier molecular flexibility index (Phi) is 12.5. The Balaban J connectivity index is 3.12. The van der Waals surface area contributed by atoms with Crippen LogP contribution in [-0.4, -0.2) is 81.4 Å². The van der Waals surface area contributed by atoms with Crippen LogP contribution in [0.4, 0.5) is 5.82 Å². The lowest BCUT2D eigenvalue weighted by molar-refractivity contribution is -0.140. The molecule has 35 heavy (non-hydrogen) atoms. The standard InChI is InChI=1S/C23H37N7O5/c1-5-7-10-29(4)14-19(31)17(12-20(32)33)28-22(34)18(8-6-2)30-11-9-26-21(23(30)35)27-13-16(25)15(3)24/h9,11,17-18,24-25H,5-8,10,12-14H2,1-4H3,(H,26,27)(H,28,34)(H,32,33). The Morgan fingerprint density at radius 2 is 1.91 bits per heavy atom. The van der Waals surface area contributed by atoms with Gasteiger partial charge in [0.05, 0.1) is 37.0 Å². The Morgan fingerprint density at radius 3 is 2.49 bits per heavy atom. The largest absolute Gasteiger partial charge is 0.481 e. The second kappa shape index (κ2) is 14.8. The van der Waals surface area contributed by atoms with E-state index in [0.717, 1.165) is 12.8 Å². The number of rotatable bonds is 17. The van der Waals surface area contributed by atoms with Gasteiger partial charge in [0, 0.05) is 12.4 Å². The number of likely N-dealkylation sites (N-methyl/N-ethyl adjacent to an activating group) is 1. The summed E-state index contributed by atoms with van der Waals surface area (Å²) in [4.78, 5) is 56.1. The third-order valence-electron chi connectivity index (χ3n) is 5.36. The number of aliphatic carboxylic acids is 1. The van der Waals surface area contributed by atoms with Gasteiger partial charge in [-0.1, -0.05) is 26.7 Å². The minimum Gasteiger partial charge on any atom is -0.481 e. The number of nitrogens with one attached hydrogen (secondary N) is 4. The first-order chi connectivity index (χ1) is 16.5. The molecule has 0 bridgehead atoms. The molecule has 12 heteroatoms. The number of unbranched alkanes of at least 4 members (excludes halogenated alkanes) is 1. The molecule has 1 amide bonds. The fraction of sp³-hybridized carbons (Fsp3) is 0.609. The lowest BCUT2D eigenvalue weighted by Gasteiger charge is -2.24. The highest BCUT2D eigenvalue weighted by atomic mass is 16.4. The van der Waals surface area contributed by atoms with E-state index in [1.165, 1.54) is 23.9 Å². The number of hydrogen-bond donors (Lipinski definition) is 5. The third kappa shape index (κ3) is 9.77. The molecule has 194 valence electrons. The van der Waals surface area contributed by atoms with Gasteiger partial charge in [0.2, 0.25) is 5.91 Å². The minimum absolute atomic E-state index is 0.00165. The predicted octanol–water partition coefficient (Wildman–Crippen LogP) is 1.32. The van der Waals surface area contributed by atoms with Crippen LogP contribution in [-0.2, 0) is 14.4 Å². The van der Waals surface area contributed by atoms with E-state index in [9.17, 15) is 24.3 Å². The topological polar surface area (TPSA) is 181 Å². The number of carbonyl (C=O) groups is 3. The number of nitrogens with zero attached hydrogens (tertiary/aromatic N) is 3. The number of carbonyl (C=O) groups excluding carboxylic acids is 2. The summed E-state index contributed by atoms with van der Waals surface area (Å²) in [5, 5.41) is 29.7. The van der Waals surface area contributed by atoms with Gasteiger partial charge in [-0.25, -0.2) is 4.98 Å². The van der Waals surface area contributed by atoms with Crippen molar-refractivity contribution >= 4 is 34.9 Å². The van der Waals surface area contributed by atoms with E-state index in [0.29, 0.717) is 13.0 Å². The van der Waals surface area contributed by atoms with Crippen molar-refractivity contribution in [2.45, 2.75) is 65.0 Å². The van der Waals surface area contributed by atoms with Gasteiger partial charge in [-0.05, 0) is 33.4 Å². The van der Waals surface area contributed by atoms with Crippen LogP contribution in [0.15, 0.2) is 17.2 Å². The van der Waals surface area contributed by atoms with E-state index < -0.39 is 41.7 Å². The average Bonchev–Trinajstić information content (AvgIpc) is 2.79. The average molecular weight is 492 g/mol. The molecule has 0 aliphatic heterocycles. The number of carboxylic acids is 1. The third-order valence-corrected chi connectivity index (χ3v) is 5.36. The number of carboxylic acid groups (broad SMARTS) is 1. The van der Waals surface area contributed by atoms with E-state index in [1.807, 2.05) is 13.8 Å². The van der Waals surface area contributed by atoms with Crippen LogP contribution in [0.3, 0.4) is 0 Å². The monoisotopic (exact) mass is 491 g/mol. The summed E-state index contributed by atoms with van der Waals surface area (Å²) in [6, 6.07) is -2.21. The van der Waals surface area contributed by atoms with Crippen LogP contribution in [0.5, 0.6) is 0 Å². The molecule has 2 atom stereocenters. The number of aromatic nitrogens is 2. The number of amides is 1. The van der Waals surface area contributed by atoms with Crippen molar-refractivity contribution in [3.63, 3.8) is 0 Å². The van der Waals surface area contributed by atoms with Gasteiger partial charge in [0.1, 0.15) is 6.04 Å². The minimum atomic E-state index is -1.23. The van der Waals surface area contributed by atoms with Crippen LogP contribution < -0.4 is 16.2 Å². The molecule has 0 spiro atoms. The van der Waals surface area contributed by atoms with Crippen molar-refractivity contribution < 1.29 is 19.5 Å². The normalized spacial score (nSPS) is 12.6. The van der Waals surface area contributed by atoms with Crippen LogP contribution in [0.25, 0.3) is 0 Å². The summed E-state index contributed by atoms with van der Waals surface area (Å²) in [5.41, 5.74) is -0.563. The SMILES string of the molecule is CCCCN(C)CC(=O)C(CC(=O)O)NC(=O)C(CCC)n1ccnc(NCC(=N)C(C)=N)c1=O. The summed E-state index contributed by atoms with van der Waals surface area (Å²) in [6.07, 6.45) is 4.79. The Morgan fingerprint density at radius 1 is 1.23 bits per heavy atom. The molecule has 1 aromatic heterocycles. The Bertz CT molecular complexity index is 975. The molecular formula is C23H37N7O5. The maximum atomic E-state index is 13.2. The molecule has 0 saturated heterocycles. The van der Waals surface area contributed by atoms with Crippen molar-refractivity contribution in [3.8, 4) is 0 Å². The van der Waals surface area contributed by atoms with Crippen LogP contribution >= 0.6 is 0 Å². The van der Waals surface area contributed by atoms with Crippen molar-refractivity contribution in [2.75, 3.05) is 32.0 Å². The molecule has 0 fully saturated rings.